The van der Waals surface area contributed by atoms with Crippen LogP contribution in [0.2, 0.25) is 0 Å². The van der Waals surface area contributed by atoms with Crippen molar-refractivity contribution in [2.75, 3.05) is 13.1 Å². The van der Waals surface area contributed by atoms with Crippen molar-refractivity contribution < 1.29 is 4.79 Å². The number of benzene rings is 1. The number of likely N-dealkylation sites (tertiary alicyclic amines) is 1. The molecule has 6 nitrogen and oxygen atoms in total. The quantitative estimate of drug-likeness (QED) is 0.728. The van der Waals surface area contributed by atoms with Crippen molar-refractivity contribution in [1.29, 1.82) is 0 Å². The standard InChI is InChI=1S/C20H23N5O/c1-3-16-17(15-10-6-4-7-11-15)19-22-21-18(14(2)25(19)23-16)20(26)24-12-8-5-9-13-24/h4,6-7,10-11H,3,5,8-9,12-13H2,1-2H3. The van der Waals surface area contributed by atoms with Crippen molar-refractivity contribution in [3.05, 3.63) is 47.4 Å². The molecule has 0 saturated carbocycles. The summed E-state index contributed by atoms with van der Waals surface area (Å²) in [5.74, 6) is -0.0357. The first-order valence-electron chi connectivity index (χ1n) is 9.30. The minimum absolute atomic E-state index is 0.0357. The van der Waals surface area contributed by atoms with Crippen LogP contribution in [-0.2, 0) is 6.42 Å². The fraction of sp³-hybridized carbons (Fsp3) is 0.400. The Morgan fingerprint density at radius 3 is 2.50 bits per heavy atom. The fourth-order valence-corrected chi connectivity index (χ4v) is 3.64. The van der Waals surface area contributed by atoms with E-state index in [4.69, 9.17) is 5.10 Å². The Balaban J connectivity index is 1.82. The van der Waals surface area contributed by atoms with Gasteiger partial charge in [-0.2, -0.15) is 5.10 Å². The summed E-state index contributed by atoms with van der Waals surface area (Å²) in [7, 11) is 0. The van der Waals surface area contributed by atoms with Crippen LogP contribution in [0.3, 0.4) is 0 Å². The molecule has 134 valence electrons. The van der Waals surface area contributed by atoms with Crippen LogP contribution in [0, 0.1) is 6.92 Å². The lowest BCUT2D eigenvalue weighted by atomic mass is 10.0. The predicted octanol–water partition coefficient (Wildman–Crippen LogP) is 3.29. The molecule has 4 rings (SSSR count). The SMILES string of the molecule is CCc1nn2c(C)c(C(=O)N3CCCCC3)nnc2c1-c1ccccc1. The summed E-state index contributed by atoms with van der Waals surface area (Å²) < 4.78 is 1.78. The average Bonchev–Trinajstić information content (AvgIpc) is 3.09. The van der Waals surface area contributed by atoms with Gasteiger partial charge in [0.25, 0.3) is 5.91 Å². The van der Waals surface area contributed by atoms with Crippen molar-refractivity contribution in [2.45, 2.75) is 39.5 Å². The number of amides is 1. The molecule has 2 aromatic heterocycles. The second-order valence-corrected chi connectivity index (χ2v) is 6.76. The van der Waals surface area contributed by atoms with Crippen LogP contribution < -0.4 is 0 Å². The summed E-state index contributed by atoms with van der Waals surface area (Å²) in [6.07, 6.45) is 4.09. The normalized spacial score (nSPS) is 14.8. The summed E-state index contributed by atoms with van der Waals surface area (Å²) in [5, 5.41) is 13.5. The Labute approximate surface area is 152 Å². The Morgan fingerprint density at radius 2 is 1.81 bits per heavy atom. The van der Waals surface area contributed by atoms with E-state index in [0.29, 0.717) is 11.3 Å². The zero-order chi connectivity index (χ0) is 18.1. The number of fused-ring (bicyclic) bond motifs is 1. The maximum atomic E-state index is 12.9. The van der Waals surface area contributed by atoms with Crippen LogP contribution in [-0.4, -0.2) is 43.7 Å². The molecule has 1 aromatic carbocycles. The minimum atomic E-state index is -0.0357. The molecule has 0 N–H and O–H groups in total. The van der Waals surface area contributed by atoms with Gasteiger partial charge in [-0.1, -0.05) is 37.3 Å². The molecule has 6 heteroatoms. The highest BCUT2D eigenvalue weighted by atomic mass is 16.2. The molecule has 0 radical (unpaired) electrons. The number of hydrogen-bond donors (Lipinski definition) is 0. The van der Waals surface area contributed by atoms with Gasteiger partial charge in [-0.15, -0.1) is 10.2 Å². The molecule has 1 aliphatic rings. The molecule has 0 bridgehead atoms. The van der Waals surface area contributed by atoms with Gasteiger partial charge in [0.05, 0.1) is 17.0 Å². The monoisotopic (exact) mass is 349 g/mol. The topological polar surface area (TPSA) is 63.4 Å². The molecule has 1 amide bonds. The van der Waals surface area contributed by atoms with Gasteiger partial charge in [-0.3, -0.25) is 4.79 Å². The molecule has 0 aliphatic carbocycles. The van der Waals surface area contributed by atoms with Crippen molar-refractivity contribution >= 4 is 11.6 Å². The average molecular weight is 349 g/mol. The molecule has 1 fully saturated rings. The van der Waals surface area contributed by atoms with Crippen LogP contribution in [0.5, 0.6) is 0 Å². The number of nitrogens with zero attached hydrogens (tertiary/aromatic N) is 5. The molecule has 1 aliphatic heterocycles. The largest absolute Gasteiger partial charge is 0.337 e. The summed E-state index contributed by atoms with van der Waals surface area (Å²) in [4.78, 5) is 14.8. The van der Waals surface area contributed by atoms with Crippen LogP contribution in [0.25, 0.3) is 16.8 Å². The number of piperidine rings is 1. The predicted molar refractivity (Wildman–Crippen MR) is 100 cm³/mol. The van der Waals surface area contributed by atoms with Gasteiger partial charge in [-0.25, -0.2) is 4.52 Å². The van der Waals surface area contributed by atoms with E-state index in [0.717, 1.165) is 54.9 Å². The first kappa shape index (κ1) is 16.7. The molecule has 1 saturated heterocycles. The molecule has 3 aromatic rings. The summed E-state index contributed by atoms with van der Waals surface area (Å²) in [6.45, 7) is 5.58. The van der Waals surface area contributed by atoms with Crippen molar-refractivity contribution in [1.82, 2.24) is 24.7 Å². The Hall–Kier alpha value is -2.76. The van der Waals surface area contributed by atoms with Gasteiger partial charge in [0.15, 0.2) is 11.3 Å². The highest BCUT2D eigenvalue weighted by Crippen LogP contribution is 2.28. The number of aromatic nitrogens is 4. The Kier molecular flexibility index (Phi) is 4.41. The Morgan fingerprint density at radius 1 is 1.08 bits per heavy atom. The fourth-order valence-electron chi connectivity index (χ4n) is 3.64. The lowest BCUT2D eigenvalue weighted by Crippen LogP contribution is -2.37. The van der Waals surface area contributed by atoms with E-state index in [1.165, 1.54) is 6.42 Å². The lowest BCUT2D eigenvalue weighted by molar-refractivity contribution is 0.0715. The van der Waals surface area contributed by atoms with Gasteiger partial charge < -0.3 is 4.90 Å². The van der Waals surface area contributed by atoms with Crippen LogP contribution >= 0.6 is 0 Å². The van der Waals surface area contributed by atoms with Crippen molar-refractivity contribution in [3.8, 4) is 11.1 Å². The van der Waals surface area contributed by atoms with Gasteiger partial charge in [-0.05, 0) is 38.2 Å². The number of carbonyl (C=O) groups excluding carboxylic acids is 1. The maximum absolute atomic E-state index is 12.9. The third kappa shape index (κ3) is 2.75. The van der Waals surface area contributed by atoms with E-state index < -0.39 is 0 Å². The van der Waals surface area contributed by atoms with Crippen LogP contribution in [0.1, 0.15) is 48.1 Å². The van der Waals surface area contributed by atoms with Crippen LogP contribution in [0.15, 0.2) is 30.3 Å². The van der Waals surface area contributed by atoms with E-state index in [-0.39, 0.29) is 5.91 Å². The highest BCUT2D eigenvalue weighted by molar-refractivity contribution is 5.93. The maximum Gasteiger partial charge on any atom is 0.276 e. The van der Waals surface area contributed by atoms with E-state index in [1.807, 2.05) is 30.0 Å². The van der Waals surface area contributed by atoms with E-state index in [2.05, 4.69) is 29.3 Å². The third-order valence-electron chi connectivity index (χ3n) is 5.08. The van der Waals surface area contributed by atoms with Gasteiger partial charge in [0.1, 0.15) is 0 Å². The molecule has 0 atom stereocenters. The molecule has 0 spiro atoms. The molecule has 26 heavy (non-hydrogen) atoms. The van der Waals surface area contributed by atoms with Crippen LogP contribution in [0.4, 0.5) is 0 Å². The molecule has 0 unspecified atom stereocenters. The summed E-state index contributed by atoms with van der Waals surface area (Å²) in [6, 6.07) is 10.1. The van der Waals surface area contributed by atoms with E-state index >= 15 is 0 Å². The van der Waals surface area contributed by atoms with Crippen molar-refractivity contribution in [3.63, 3.8) is 0 Å². The summed E-state index contributed by atoms with van der Waals surface area (Å²) in [5.41, 5.74) is 4.91. The first-order valence-corrected chi connectivity index (χ1v) is 9.30. The Bertz CT molecular complexity index is 942. The van der Waals surface area contributed by atoms with Crippen molar-refractivity contribution in [2.24, 2.45) is 0 Å². The van der Waals surface area contributed by atoms with Gasteiger partial charge in [0.2, 0.25) is 0 Å². The van der Waals surface area contributed by atoms with E-state index in [1.54, 1.807) is 4.52 Å². The molecular weight excluding hydrogens is 326 g/mol. The van der Waals surface area contributed by atoms with Gasteiger partial charge >= 0.3 is 0 Å². The number of rotatable bonds is 3. The summed E-state index contributed by atoms with van der Waals surface area (Å²) >= 11 is 0. The van der Waals surface area contributed by atoms with E-state index in [9.17, 15) is 4.79 Å². The molecule has 3 heterocycles. The number of aryl methyl sites for hydroxylation is 2. The second-order valence-electron chi connectivity index (χ2n) is 6.76. The second kappa shape index (κ2) is 6.86. The van der Waals surface area contributed by atoms with Gasteiger partial charge in [0, 0.05) is 13.1 Å². The molecular formula is C20H23N5O. The number of hydrogen-bond acceptors (Lipinski definition) is 4. The lowest BCUT2D eigenvalue weighted by Gasteiger charge is -2.26. The number of carbonyl (C=O) groups is 1. The minimum Gasteiger partial charge on any atom is -0.337 e. The smallest absolute Gasteiger partial charge is 0.276 e. The highest BCUT2D eigenvalue weighted by Gasteiger charge is 2.25. The third-order valence-corrected chi connectivity index (χ3v) is 5.08. The zero-order valence-electron chi connectivity index (χ0n) is 15.3. The zero-order valence-corrected chi connectivity index (χ0v) is 15.3. The first-order chi connectivity index (χ1) is 12.7.